The van der Waals surface area contributed by atoms with Gasteiger partial charge < -0.3 is 0 Å². The summed E-state index contributed by atoms with van der Waals surface area (Å²) in [7, 11) is 0. The fourth-order valence-corrected chi connectivity index (χ4v) is 16.4. The topological polar surface area (TPSA) is 0 Å². The molecule has 0 aromatic heterocycles. The summed E-state index contributed by atoms with van der Waals surface area (Å²) in [5.41, 5.74) is 0. The molecule has 117 heavy (non-hydrogen) atoms. The van der Waals surface area contributed by atoms with Crippen LogP contribution in [0.1, 0.15) is 326 Å². The molecule has 3 atom stereocenters. The van der Waals surface area contributed by atoms with Crippen molar-refractivity contribution in [3.8, 4) is 0 Å². The normalized spacial score (nSPS) is 10.8. The molecule has 0 spiro atoms. The molecular weight excluding hydrogens is 1390 g/mol. The van der Waals surface area contributed by atoms with Gasteiger partial charge in [0.1, 0.15) is 87.3 Å². The van der Waals surface area contributed by atoms with Gasteiger partial charge >= 0.3 is 0 Å². The van der Waals surface area contributed by atoms with Crippen LogP contribution in [-0.2, 0) is 0 Å². The SMILES string of the molecule is C=CCB(CC=C)CC=C.CB(C)C.CB(C)C.CB(C)C.CB(C)C.CB(C)C.CB(C)C.CB(C)C.CC(C)(C)B(C(C)(C)C)C(C)(C)C.CC(C)B(C(C)C)C(C)C.CC(C)CB(CC(C)C)CC(C)C.CCB(CC)CC.CCC(C)B(C(C)CC)C(C)CC.CCCB(CCC)CCC.CCCCB(CCCC)CCCC. The third kappa shape index (κ3) is 164. The molecule has 0 rings (SSSR count). The molecule has 0 aliphatic rings. The predicted molar refractivity (Wildman–Crippen MR) is 613 cm³/mol. The lowest BCUT2D eigenvalue weighted by Gasteiger charge is -2.46. The largest absolute Gasteiger partial charge is 0.156 e. The zero-order chi connectivity index (χ0) is 96.6. The average molecular weight is 1630 g/mol. The van der Waals surface area contributed by atoms with Crippen molar-refractivity contribution in [3.63, 3.8) is 0 Å². The highest BCUT2D eigenvalue weighted by atomic mass is 14.2. The third-order valence-corrected chi connectivity index (χ3v) is 19.4. The average Bonchev–Trinajstić information content (AvgIpc) is 0.792. The van der Waals surface area contributed by atoms with Gasteiger partial charge in [0.25, 0.3) is 0 Å². The van der Waals surface area contributed by atoms with E-state index in [1.54, 1.807) is 0 Å². The molecule has 0 amide bonds. The molecule has 15 heteroatoms. The van der Waals surface area contributed by atoms with Crippen molar-refractivity contribution in [2.24, 2.45) is 17.8 Å². The monoisotopic (exact) mass is 1630 g/mol. The Morgan fingerprint density at radius 2 is 0.419 bits per heavy atom. The molecule has 0 heterocycles. The smallest absolute Gasteiger partial charge is 0.104 e. The summed E-state index contributed by atoms with van der Waals surface area (Å²) in [6.07, 6.45) is 42.7. The van der Waals surface area contributed by atoms with Crippen LogP contribution in [0, 0.1) is 17.8 Å². The number of unbranched alkanes of at least 4 members (excludes halogenated alkanes) is 3. The molecule has 696 valence electrons. The van der Waals surface area contributed by atoms with Gasteiger partial charge in [-0.2, -0.15) is 0 Å². The Labute approximate surface area is 766 Å². The summed E-state index contributed by atoms with van der Waals surface area (Å²) in [4.78, 5) is 0. The first-order valence-corrected chi connectivity index (χ1v) is 52.2. The van der Waals surface area contributed by atoms with E-state index in [0.717, 1.165) is 166 Å². The fraction of sp³-hybridized carbons (Fsp3) is 0.941. The molecule has 0 saturated carbocycles. The fourth-order valence-electron chi connectivity index (χ4n) is 16.4. The maximum absolute atomic E-state index is 3.70. The molecule has 0 aliphatic heterocycles. The van der Waals surface area contributed by atoms with Crippen LogP contribution in [0.25, 0.3) is 0 Å². The van der Waals surface area contributed by atoms with Crippen LogP contribution in [0.15, 0.2) is 38.0 Å². The van der Waals surface area contributed by atoms with Crippen LogP contribution < -0.4 is 0 Å². The lowest BCUT2D eigenvalue weighted by atomic mass is 9.15. The zero-order valence-electron chi connectivity index (χ0n) is 95.3. The molecule has 0 aliphatic carbocycles. The van der Waals surface area contributed by atoms with Crippen LogP contribution >= 0.6 is 0 Å². The van der Waals surface area contributed by atoms with Gasteiger partial charge in [0.2, 0.25) is 0 Å². The Morgan fingerprint density at radius 1 is 0.239 bits per heavy atom. The molecule has 0 radical (unpaired) electrons. The molecule has 0 fully saturated rings. The maximum Gasteiger partial charge on any atom is 0.156 e. The van der Waals surface area contributed by atoms with Gasteiger partial charge in [-0.15, -0.1) is 19.7 Å². The van der Waals surface area contributed by atoms with Crippen LogP contribution in [0.2, 0.25) is 289 Å². The quantitative estimate of drug-likeness (QED) is 0.0425. The van der Waals surface area contributed by atoms with Crippen molar-refractivity contribution in [2.75, 3.05) is 0 Å². The van der Waals surface area contributed by atoms with Gasteiger partial charge in [-0.25, -0.2) is 0 Å². The van der Waals surface area contributed by atoms with Crippen molar-refractivity contribution >= 4 is 101 Å². The lowest BCUT2D eigenvalue weighted by molar-refractivity contribution is 0.568. The second-order valence-electron chi connectivity index (χ2n) is 46.5. The molecule has 0 aromatic rings. The first-order chi connectivity index (χ1) is 53.3. The Balaban J connectivity index is -0.0000000749. The second-order valence-corrected chi connectivity index (χ2v) is 46.5. The summed E-state index contributed by atoms with van der Waals surface area (Å²) < 4.78 is 0. The molecule has 0 nitrogen and oxygen atoms in total. The Bertz CT molecular complexity index is 1520. The van der Waals surface area contributed by atoms with Crippen LogP contribution in [0.4, 0.5) is 0 Å². The van der Waals surface area contributed by atoms with Gasteiger partial charge in [0, 0.05) is 0 Å². The predicted octanol–water partition coefficient (Wildman–Crippen LogP) is 41.7. The molecule has 0 bridgehead atoms. The van der Waals surface area contributed by atoms with Gasteiger partial charge in [-0.05, 0) is 0 Å². The summed E-state index contributed by atoms with van der Waals surface area (Å²) in [5, 5.41) is 1.16. The maximum atomic E-state index is 3.70. The van der Waals surface area contributed by atoms with E-state index in [4.69, 9.17) is 0 Å². The Kier molecular flexibility index (Phi) is 138. The number of rotatable bonds is 39. The van der Waals surface area contributed by atoms with E-state index >= 15 is 0 Å². The van der Waals surface area contributed by atoms with Gasteiger partial charge in [-0.3, -0.25) is 0 Å². The van der Waals surface area contributed by atoms with Crippen molar-refractivity contribution < 1.29 is 0 Å². The van der Waals surface area contributed by atoms with Crippen molar-refractivity contribution in [2.45, 2.75) is 615 Å². The summed E-state index contributed by atoms with van der Waals surface area (Å²) >= 11 is 0. The second kappa shape index (κ2) is 107. The Morgan fingerprint density at radius 3 is 0.513 bits per heavy atom. The third-order valence-electron chi connectivity index (χ3n) is 19.4. The number of hydrogen-bond donors (Lipinski definition) is 0. The molecule has 0 saturated heterocycles. The van der Waals surface area contributed by atoms with E-state index in [0.29, 0.717) is 22.7 Å². The van der Waals surface area contributed by atoms with E-state index < -0.39 is 0 Å². The van der Waals surface area contributed by atoms with Gasteiger partial charge in [-0.1, -0.05) is 651 Å². The number of hydrogen-bond acceptors (Lipinski definition) is 0. The van der Waals surface area contributed by atoms with E-state index in [1.165, 1.54) is 153 Å². The minimum Gasteiger partial charge on any atom is -0.104 e. The van der Waals surface area contributed by atoms with Crippen LogP contribution in [0.3, 0.4) is 0 Å². The standard InChI is InChI=1S/4C12H27B.2C9H21B.C9H15B.C6H15B.7C3H9B/c1-10(2)7-13(8-11(3)4)9-12(5)6;1-10(2,3)13(11(4,5)6)12(7,8)9;1-7-10(4)13(11(5)8-2)12(6)9-3;1-4-7-10-13(11-8-5-2)12-9-6-3;1-7(2)10(8(3)4)9(5)6;2*1-4-7-10(8-5-2)9-6-3;1-4-7(5-2)6-3;7*1-4(2)3/h10-12H,7-9H2,1-6H3;1-9H3;10-12H,7-9H2,1-6H3;4-12H2,1-3H3;7-9H,1-6H3;4-9H2,1-3H3;4-6H,1-3,7-9H2;4-6H2,1-3H3;7*1-3H3. The van der Waals surface area contributed by atoms with E-state index in [1.807, 2.05) is 18.2 Å². The highest BCUT2D eigenvalue weighted by molar-refractivity contribution is 6.68. The first-order valence-electron chi connectivity index (χ1n) is 52.2. The molecule has 0 aromatic carbocycles. The van der Waals surface area contributed by atoms with Gasteiger partial charge in [0.05, 0.1) is 0 Å². The molecule has 0 N–H and O–H groups in total. The minimum absolute atomic E-state index is 0.385. The molecule has 3 unspecified atom stereocenters. The lowest BCUT2D eigenvalue weighted by Crippen LogP contribution is -2.42. The highest BCUT2D eigenvalue weighted by Gasteiger charge is 2.46. The summed E-state index contributed by atoms with van der Waals surface area (Å²) in [6, 6.07) is 0. The van der Waals surface area contributed by atoms with Crippen LogP contribution in [0.5, 0.6) is 0 Å². The van der Waals surface area contributed by atoms with Crippen molar-refractivity contribution in [3.05, 3.63) is 38.0 Å². The van der Waals surface area contributed by atoms with E-state index in [2.05, 4.69) is 412 Å². The molecular formula is C102H243B15. The minimum atomic E-state index is 0.385. The first kappa shape index (κ1) is 152. The van der Waals surface area contributed by atoms with Gasteiger partial charge in [0.15, 0.2) is 13.4 Å². The summed E-state index contributed by atoms with van der Waals surface area (Å²) in [5.74, 6) is 7.77. The van der Waals surface area contributed by atoms with Crippen LogP contribution in [-0.4, -0.2) is 101 Å². The highest BCUT2D eigenvalue weighted by Crippen LogP contribution is 2.53. The summed E-state index contributed by atoms with van der Waals surface area (Å²) in [6.45, 7) is 154. The van der Waals surface area contributed by atoms with Crippen molar-refractivity contribution in [1.82, 2.24) is 0 Å². The Hall–Kier alpha value is 0.194. The van der Waals surface area contributed by atoms with E-state index in [9.17, 15) is 0 Å². The number of allylic oxidation sites excluding steroid dienone is 3. The van der Waals surface area contributed by atoms with Crippen molar-refractivity contribution in [1.29, 1.82) is 0 Å². The van der Waals surface area contributed by atoms with E-state index in [-0.39, 0.29) is 0 Å². The zero-order valence-corrected chi connectivity index (χ0v) is 95.3.